The largest absolute Gasteiger partial charge is 0.393 e. The minimum atomic E-state index is -0.258. The summed E-state index contributed by atoms with van der Waals surface area (Å²) < 4.78 is 0. The maximum Gasteiger partial charge on any atom is 0.327 e. The average molecular weight is 212 g/mol. The Morgan fingerprint density at radius 1 is 1.20 bits per heavy atom. The summed E-state index contributed by atoms with van der Waals surface area (Å²) in [6.45, 7) is 0.192. The normalized spacial score (nSPS) is 32.7. The summed E-state index contributed by atoms with van der Waals surface area (Å²) in [5, 5.41) is 9.35. The summed E-state index contributed by atoms with van der Waals surface area (Å²) in [5.74, 6) is -0.108. The van der Waals surface area contributed by atoms with Gasteiger partial charge < -0.3 is 10.0 Å². The van der Waals surface area contributed by atoms with Gasteiger partial charge in [0.1, 0.15) is 6.54 Å². The van der Waals surface area contributed by atoms with Crippen LogP contribution in [0.2, 0.25) is 0 Å². The molecule has 1 aliphatic carbocycles. The smallest absolute Gasteiger partial charge is 0.327 e. The van der Waals surface area contributed by atoms with E-state index in [0.717, 1.165) is 12.8 Å². The van der Waals surface area contributed by atoms with Crippen molar-refractivity contribution in [1.29, 1.82) is 0 Å². The molecule has 84 valence electrons. The van der Waals surface area contributed by atoms with Crippen molar-refractivity contribution in [3.63, 3.8) is 0 Å². The monoisotopic (exact) mass is 212 g/mol. The Hall–Kier alpha value is -1.10. The molecule has 5 heteroatoms. The van der Waals surface area contributed by atoms with E-state index in [2.05, 4.69) is 0 Å². The van der Waals surface area contributed by atoms with E-state index in [1.54, 1.807) is 7.05 Å². The van der Waals surface area contributed by atoms with Gasteiger partial charge in [0.2, 0.25) is 0 Å². The number of hydrogen-bond acceptors (Lipinski definition) is 3. The Balaban J connectivity index is 2.04. The number of hydrogen-bond donors (Lipinski definition) is 1. The molecule has 2 rings (SSSR count). The fraction of sp³-hybridized carbons (Fsp3) is 0.800. The van der Waals surface area contributed by atoms with Crippen molar-refractivity contribution in [2.75, 3.05) is 13.6 Å². The van der Waals surface area contributed by atoms with Crippen LogP contribution in [-0.4, -0.2) is 52.6 Å². The lowest BCUT2D eigenvalue weighted by molar-refractivity contribution is -0.127. The number of aliphatic hydroxyl groups is 1. The van der Waals surface area contributed by atoms with Gasteiger partial charge in [-0.15, -0.1) is 0 Å². The molecule has 1 aliphatic heterocycles. The molecule has 1 heterocycles. The third kappa shape index (κ3) is 1.84. The number of urea groups is 1. The van der Waals surface area contributed by atoms with Crippen molar-refractivity contribution in [2.45, 2.75) is 37.8 Å². The van der Waals surface area contributed by atoms with E-state index in [1.165, 1.54) is 9.80 Å². The van der Waals surface area contributed by atoms with E-state index in [9.17, 15) is 14.7 Å². The molecule has 1 saturated carbocycles. The zero-order valence-electron chi connectivity index (χ0n) is 8.85. The van der Waals surface area contributed by atoms with Gasteiger partial charge in [0.15, 0.2) is 0 Å². The van der Waals surface area contributed by atoms with E-state index in [4.69, 9.17) is 0 Å². The summed E-state index contributed by atoms with van der Waals surface area (Å²) in [5.41, 5.74) is 0. The van der Waals surface area contributed by atoms with Crippen molar-refractivity contribution in [2.24, 2.45) is 0 Å². The molecule has 0 aromatic rings. The molecule has 5 nitrogen and oxygen atoms in total. The third-order valence-corrected chi connectivity index (χ3v) is 3.21. The fourth-order valence-corrected chi connectivity index (χ4v) is 2.31. The minimum Gasteiger partial charge on any atom is -0.393 e. The predicted octanol–water partition coefficient (Wildman–Crippen LogP) is 0.184. The SMILES string of the molecule is CN1CC(=O)N(C2CCC(O)CC2)C1=O. The van der Waals surface area contributed by atoms with E-state index in [-0.39, 0.29) is 30.6 Å². The van der Waals surface area contributed by atoms with Crippen LogP contribution in [0, 0.1) is 0 Å². The molecule has 0 atom stereocenters. The summed E-state index contributed by atoms with van der Waals surface area (Å²) in [4.78, 5) is 26.0. The molecule has 0 bridgehead atoms. The van der Waals surface area contributed by atoms with Crippen LogP contribution in [-0.2, 0) is 4.79 Å². The van der Waals surface area contributed by atoms with Crippen molar-refractivity contribution < 1.29 is 14.7 Å². The lowest BCUT2D eigenvalue weighted by atomic mass is 9.92. The van der Waals surface area contributed by atoms with Gasteiger partial charge in [-0.1, -0.05) is 0 Å². The van der Waals surface area contributed by atoms with E-state index in [0.29, 0.717) is 12.8 Å². The van der Waals surface area contributed by atoms with Gasteiger partial charge in [0.25, 0.3) is 5.91 Å². The highest BCUT2D eigenvalue weighted by atomic mass is 16.3. The standard InChI is InChI=1S/C10H16N2O3/c1-11-6-9(14)12(10(11)15)7-2-4-8(13)5-3-7/h7-8,13H,2-6H2,1H3. The van der Waals surface area contributed by atoms with Gasteiger partial charge in [0.05, 0.1) is 6.10 Å². The Kier molecular flexibility index (Phi) is 2.65. The number of carbonyl (C=O) groups is 2. The molecule has 0 aromatic heterocycles. The molecule has 0 aromatic carbocycles. The Labute approximate surface area is 88.6 Å². The van der Waals surface area contributed by atoms with Crippen molar-refractivity contribution in [3.8, 4) is 0 Å². The third-order valence-electron chi connectivity index (χ3n) is 3.21. The lowest BCUT2D eigenvalue weighted by Gasteiger charge is -2.31. The van der Waals surface area contributed by atoms with Gasteiger partial charge in [-0.2, -0.15) is 0 Å². The number of nitrogens with zero attached hydrogens (tertiary/aromatic N) is 2. The highest BCUT2D eigenvalue weighted by Crippen LogP contribution is 2.26. The van der Waals surface area contributed by atoms with Crippen LogP contribution in [0.3, 0.4) is 0 Å². The molecule has 0 radical (unpaired) electrons. The highest BCUT2D eigenvalue weighted by Gasteiger charge is 2.39. The van der Waals surface area contributed by atoms with Crippen LogP contribution in [0.1, 0.15) is 25.7 Å². The van der Waals surface area contributed by atoms with Crippen LogP contribution < -0.4 is 0 Å². The Bertz CT molecular complexity index is 284. The average Bonchev–Trinajstić information content (AvgIpc) is 2.44. The summed E-state index contributed by atoms with van der Waals surface area (Å²) in [6.07, 6.45) is 2.57. The molecule has 15 heavy (non-hydrogen) atoms. The maximum absolute atomic E-state index is 11.7. The first-order valence-corrected chi connectivity index (χ1v) is 5.35. The number of amides is 3. The van der Waals surface area contributed by atoms with Crippen molar-refractivity contribution in [3.05, 3.63) is 0 Å². The van der Waals surface area contributed by atoms with Crippen LogP contribution in [0.4, 0.5) is 4.79 Å². The van der Waals surface area contributed by atoms with Gasteiger partial charge in [-0.25, -0.2) is 4.79 Å². The molecule has 1 saturated heterocycles. The molecule has 2 fully saturated rings. The summed E-state index contributed by atoms with van der Waals surface area (Å²) >= 11 is 0. The van der Waals surface area contributed by atoms with Crippen LogP contribution in [0.25, 0.3) is 0 Å². The van der Waals surface area contributed by atoms with Gasteiger partial charge >= 0.3 is 6.03 Å². The number of imide groups is 1. The summed E-state index contributed by atoms with van der Waals surface area (Å²) in [6, 6.07) is -0.195. The second-order valence-electron chi connectivity index (χ2n) is 4.36. The van der Waals surface area contributed by atoms with Gasteiger partial charge in [-0.05, 0) is 25.7 Å². The first-order chi connectivity index (χ1) is 7.09. The quantitative estimate of drug-likeness (QED) is 0.631. The molecule has 3 amide bonds. The highest BCUT2D eigenvalue weighted by molar-refractivity contribution is 6.02. The molecule has 1 N–H and O–H groups in total. The number of carbonyl (C=O) groups excluding carboxylic acids is 2. The van der Waals surface area contributed by atoms with Crippen LogP contribution in [0.5, 0.6) is 0 Å². The topological polar surface area (TPSA) is 60.9 Å². The van der Waals surface area contributed by atoms with Crippen molar-refractivity contribution >= 4 is 11.9 Å². The second-order valence-corrected chi connectivity index (χ2v) is 4.36. The lowest BCUT2D eigenvalue weighted by Crippen LogP contribution is -2.43. The molecule has 0 unspecified atom stereocenters. The number of rotatable bonds is 1. The number of likely N-dealkylation sites (N-methyl/N-ethyl adjacent to an activating group) is 1. The Morgan fingerprint density at radius 2 is 1.80 bits per heavy atom. The molecular formula is C10H16N2O3. The van der Waals surface area contributed by atoms with Crippen LogP contribution >= 0.6 is 0 Å². The van der Waals surface area contributed by atoms with Crippen LogP contribution in [0.15, 0.2) is 0 Å². The Morgan fingerprint density at radius 3 is 2.27 bits per heavy atom. The molecule has 2 aliphatic rings. The van der Waals surface area contributed by atoms with Gasteiger partial charge in [-0.3, -0.25) is 9.69 Å². The van der Waals surface area contributed by atoms with E-state index >= 15 is 0 Å². The van der Waals surface area contributed by atoms with Crippen molar-refractivity contribution in [1.82, 2.24) is 9.80 Å². The predicted molar refractivity (Wildman–Crippen MR) is 53.1 cm³/mol. The van der Waals surface area contributed by atoms with Gasteiger partial charge in [0, 0.05) is 13.1 Å². The molecular weight excluding hydrogens is 196 g/mol. The molecule has 0 spiro atoms. The second kappa shape index (κ2) is 3.81. The fourth-order valence-electron chi connectivity index (χ4n) is 2.31. The first kappa shape index (κ1) is 10.4. The minimum absolute atomic E-state index is 0.00153. The van der Waals surface area contributed by atoms with E-state index in [1.807, 2.05) is 0 Å². The summed E-state index contributed by atoms with van der Waals surface area (Å²) in [7, 11) is 1.64. The first-order valence-electron chi connectivity index (χ1n) is 5.35. The zero-order valence-corrected chi connectivity index (χ0v) is 8.85. The number of aliphatic hydroxyl groups excluding tert-OH is 1. The van der Waals surface area contributed by atoms with E-state index < -0.39 is 0 Å². The maximum atomic E-state index is 11.7. The zero-order chi connectivity index (χ0) is 11.0.